The fourth-order valence-electron chi connectivity index (χ4n) is 3.05. The molecule has 0 radical (unpaired) electrons. The number of hydrogen-bond donors (Lipinski definition) is 3. The van der Waals surface area contributed by atoms with Crippen molar-refractivity contribution in [3.63, 3.8) is 0 Å². The molecule has 12 heteroatoms. The molecule has 34 heavy (non-hydrogen) atoms. The van der Waals surface area contributed by atoms with E-state index in [0.717, 1.165) is 10.6 Å². The molecule has 2 atom stereocenters. The van der Waals surface area contributed by atoms with E-state index in [-0.39, 0.29) is 56.0 Å². The van der Waals surface area contributed by atoms with E-state index in [1.807, 2.05) is 13.8 Å². The second-order valence-electron chi connectivity index (χ2n) is 7.98. The molecule has 9 nitrogen and oxygen atoms in total. The third-order valence-electron chi connectivity index (χ3n) is 4.82. The Morgan fingerprint density at radius 2 is 1.76 bits per heavy atom. The van der Waals surface area contributed by atoms with Crippen LogP contribution in [-0.2, 0) is 14.8 Å². The second kappa shape index (κ2) is 12.9. The van der Waals surface area contributed by atoms with Gasteiger partial charge < -0.3 is 15.3 Å². The molecule has 2 rings (SSSR count). The number of aliphatic hydroxyl groups is 2. The Morgan fingerprint density at radius 3 is 2.26 bits per heavy atom. The normalized spacial score (nSPS) is 13.5. The molecule has 0 aliphatic carbocycles. The summed E-state index contributed by atoms with van der Waals surface area (Å²) >= 11 is 0. The Bertz CT molecular complexity index is 1130. The van der Waals surface area contributed by atoms with Crippen LogP contribution in [0.5, 0.6) is 0 Å². The van der Waals surface area contributed by atoms with Gasteiger partial charge in [0.1, 0.15) is 5.82 Å². The zero-order chi connectivity index (χ0) is 24.9. The van der Waals surface area contributed by atoms with Crippen LogP contribution in [-0.4, -0.2) is 103 Å². The van der Waals surface area contributed by atoms with Gasteiger partial charge in [0.15, 0.2) is 0 Å². The van der Waals surface area contributed by atoms with Gasteiger partial charge in [-0.25, -0.2) is 27.1 Å². The summed E-state index contributed by atoms with van der Waals surface area (Å²) in [6.07, 6.45) is 0.860. The topological polar surface area (TPSA) is 141 Å². The number of hydrogen-bond acceptors (Lipinski definition) is 7. The first-order valence-corrected chi connectivity index (χ1v) is 12.0. The van der Waals surface area contributed by atoms with Gasteiger partial charge in [-0.3, -0.25) is 4.79 Å². The van der Waals surface area contributed by atoms with Crippen molar-refractivity contribution in [2.75, 3.05) is 17.6 Å². The van der Waals surface area contributed by atoms with Crippen molar-refractivity contribution in [3.8, 4) is 11.3 Å². The molecule has 0 saturated carbocycles. The van der Waals surface area contributed by atoms with Crippen molar-refractivity contribution in [1.82, 2.24) is 9.97 Å². The summed E-state index contributed by atoms with van der Waals surface area (Å²) in [7, 11) is -2.33. The Labute approximate surface area is 228 Å². The second-order valence-corrected chi connectivity index (χ2v) is 9.99. The van der Waals surface area contributed by atoms with Crippen molar-refractivity contribution in [3.05, 3.63) is 47.4 Å². The van der Waals surface area contributed by atoms with Crippen LogP contribution in [0.3, 0.4) is 0 Å². The third-order valence-corrected chi connectivity index (χ3v) is 5.97. The Morgan fingerprint density at radius 1 is 1.18 bits per heavy atom. The minimum atomic E-state index is -3.65. The Hall–Kier alpha value is -1.63. The van der Waals surface area contributed by atoms with Crippen LogP contribution < -0.4 is 4.31 Å². The van der Waals surface area contributed by atoms with Crippen LogP contribution in [0.25, 0.3) is 17.3 Å². The number of benzene rings is 1. The summed E-state index contributed by atoms with van der Waals surface area (Å²) in [5, 5.41) is 28.8. The monoisotopic (exact) mass is 523 g/mol. The van der Waals surface area contributed by atoms with Crippen LogP contribution in [0, 0.1) is 5.82 Å². The van der Waals surface area contributed by atoms with Crippen molar-refractivity contribution < 1.29 is 32.9 Å². The number of sulfonamides is 1. The first-order chi connectivity index (χ1) is 15.3. The molecule has 0 aliphatic rings. The van der Waals surface area contributed by atoms with Gasteiger partial charge in [0.2, 0.25) is 16.0 Å². The van der Waals surface area contributed by atoms with Crippen LogP contribution in [0.15, 0.2) is 30.3 Å². The number of carboxylic acid groups (broad SMARTS) is 1. The summed E-state index contributed by atoms with van der Waals surface area (Å²) in [6, 6.07) is 5.49. The van der Waals surface area contributed by atoms with Gasteiger partial charge in [0.05, 0.1) is 36.3 Å². The minimum absolute atomic E-state index is 0. The van der Waals surface area contributed by atoms with Gasteiger partial charge in [-0.1, -0.05) is 26.0 Å². The molecule has 3 N–H and O–H groups in total. The van der Waals surface area contributed by atoms with Crippen molar-refractivity contribution in [2.24, 2.45) is 0 Å². The standard InChI is InChI=1S/C22H28FN3O6S.Ca.2H/c1-13(2)20-18(10-9-16(27)11-17(28)12-19(29)30)21(14-5-7-15(23)8-6-14)25-22(24-20)26(3)33(4,31)32;;;/h5-10,13,16-17,27-28H,11-12H2,1-4H3,(H,29,30);;;/b10-9+;;;. The molecule has 0 amide bonds. The summed E-state index contributed by atoms with van der Waals surface area (Å²) in [5.41, 5.74) is 1.80. The summed E-state index contributed by atoms with van der Waals surface area (Å²) in [4.78, 5) is 19.6. The fourth-order valence-corrected chi connectivity index (χ4v) is 3.42. The molecule has 1 heterocycles. The van der Waals surface area contributed by atoms with Crippen LogP contribution in [0.2, 0.25) is 0 Å². The van der Waals surface area contributed by atoms with Gasteiger partial charge in [0.25, 0.3) is 0 Å². The van der Waals surface area contributed by atoms with Crippen LogP contribution >= 0.6 is 0 Å². The SMILES string of the molecule is CC(C)c1nc(N(C)S(C)(=O)=O)nc(-c2ccc(F)cc2)c1/C=C/C(O)CC(O)CC(=O)O.[CaH2]. The Kier molecular flexibility index (Phi) is 11.5. The van der Waals surface area contributed by atoms with Crippen molar-refractivity contribution in [2.45, 2.75) is 44.8 Å². The van der Waals surface area contributed by atoms with Crippen molar-refractivity contribution in [1.29, 1.82) is 0 Å². The van der Waals surface area contributed by atoms with Gasteiger partial charge in [-0.15, -0.1) is 0 Å². The fraction of sp³-hybridized carbons (Fsp3) is 0.409. The van der Waals surface area contributed by atoms with Crippen LogP contribution in [0.4, 0.5) is 10.3 Å². The third kappa shape index (κ3) is 8.54. The Balaban J connectivity index is 0.00000578. The summed E-state index contributed by atoms with van der Waals surface area (Å²) in [5.74, 6) is -1.87. The number of rotatable bonds is 10. The zero-order valence-electron chi connectivity index (χ0n) is 18.8. The quantitative estimate of drug-likeness (QED) is 0.398. The molecule has 0 saturated heterocycles. The molecule has 0 bridgehead atoms. The van der Waals surface area contributed by atoms with E-state index in [4.69, 9.17) is 5.11 Å². The number of nitrogens with zero attached hydrogens (tertiary/aromatic N) is 3. The maximum atomic E-state index is 13.5. The van der Waals surface area contributed by atoms with Crippen LogP contribution in [0.1, 0.15) is 43.9 Å². The number of aliphatic carboxylic acids is 1. The maximum absolute atomic E-state index is 13.5. The molecule has 1 aromatic heterocycles. The van der Waals surface area contributed by atoms with E-state index in [0.29, 0.717) is 22.5 Å². The van der Waals surface area contributed by atoms with E-state index >= 15 is 0 Å². The first-order valence-electron chi connectivity index (χ1n) is 10.2. The average molecular weight is 524 g/mol. The number of carbonyl (C=O) groups is 1. The molecular formula is C22H30CaFN3O6S. The predicted molar refractivity (Wildman–Crippen MR) is 131 cm³/mol. The molecule has 0 aliphatic heterocycles. The summed E-state index contributed by atoms with van der Waals surface area (Å²) < 4.78 is 38.6. The zero-order valence-corrected chi connectivity index (χ0v) is 19.6. The number of anilines is 1. The van der Waals surface area contributed by atoms with Gasteiger partial charge in [-0.2, -0.15) is 0 Å². The first kappa shape index (κ1) is 30.4. The molecule has 2 aromatic rings. The predicted octanol–water partition coefficient (Wildman–Crippen LogP) is 1.49. The van der Waals surface area contributed by atoms with Gasteiger partial charge in [0, 0.05) is 24.6 Å². The van der Waals surface area contributed by atoms with E-state index in [1.165, 1.54) is 43.5 Å². The van der Waals surface area contributed by atoms with Gasteiger partial charge >= 0.3 is 43.7 Å². The van der Waals surface area contributed by atoms with E-state index < -0.39 is 40.4 Å². The summed E-state index contributed by atoms with van der Waals surface area (Å²) in [6.45, 7) is 3.71. The molecule has 1 aromatic carbocycles. The number of aliphatic hydroxyl groups excluding tert-OH is 2. The van der Waals surface area contributed by atoms with Crippen molar-refractivity contribution >= 4 is 65.8 Å². The molecule has 0 fully saturated rings. The van der Waals surface area contributed by atoms with E-state index in [2.05, 4.69) is 9.97 Å². The molecule has 2 unspecified atom stereocenters. The number of halogens is 1. The van der Waals surface area contributed by atoms with E-state index in [1.54, 1.807) is 0 Å². The molecular weight excluding hydrogens is 493 g/mol. The number of carboxylic acids is 1. The number of aromatic nitrogens is 2. The van der Waals surface area contributed by atoms with Gasteiger partial charge in [-0.05, 0) is 30.2 Å². The molecule has 0 spiro atoms. The average Bonchev–Trinajstić information content (AvgIpc) is 2.70. The van der Waals surface area contributed by atoms with E-state index in [9.17, 15) is 27.8 Å². The molecule has 184 valence electrons.